The number of fused-ring (bicyclic) bond motifs is 1. The Labute approximate surface area is 186 Å². The van der Waals surface area contributed by atoms with Crippen molar-refractivity contribution < 1.29 is 50.0 Å². The van der Waals surface area contributed by atoms with Crippen molar-refractivity contribution in [2.75, 3.05) is 0 Å². The van der Waals surface area contributed by atoms with Crippen molar-refractivity contribution in [3.8, 4) is 46.0 Å². The number of aryl methyl sites for hydroxylation is 1. The van der Waals surface area contributed by atoms with E-state index < -0.39 is 41.2 Å². The van der Waals surface area contributed by atoms with Crippen molar-refractivity contribution in [2.45, 2.75) is 25.6 Å². The Bertz CT molecular complexity index is 1220. The van der Waals surface area contributed by atoms with Crippen LogP contribution in [0.5, 0.6) is 46.0 Å². The van der Waals surface area contributed by atoms with Crippen molar-refractivity contribution in [1.29, 1.82) is 0 Å². The Morgan fingerprint density at radius 3 is 2.12 bits per heavy atom. The van der Waals surface area contributed by atoms with E-state index in [9.17, 15) is 40.5 Å². The average Bonchev–Trinajstić information content (AvgIpc) is 2.75. The molecule has 2 atom stereocenters. The van der Waals surface area contributed by atoms with Crippen LogP contribution in [0.15, 0.2) is 36.4 Å². The lowest BCUT2D eigenvalue weighted by molar-refractivity contribution is -0.0189. The lowest BCUT2D eigenvalue weighted by Crippen LogP contribution is -2.34. The van der Waals surface area contributed by atoms with Crippen LogP contribution in [0.3, 0.4) is 0 Å². The third-order valence-electron chi connectivity index (χ3n) is 5.36. The minimum absolute atomic E-state index is 0.0470. The Kier molecular flexibility index (Phi) is 5.21. The van der Waals surface area contributed by atoms with E-state index in [1.165, 1.54) is 18.2 Å². The van der Waals surface area contributed by atoms with Crippen molar-refractivity contribution >= 4 is 5.97 Å². The molecule has 0 saturated carbocycles. The smallest absolute Gasteiger partial charge is 0.338 e. The third kappa shape index (κ3) is 3.93. The van der Waals surface area contributed by atoms with Gasteiger partial charge in [-0.05, 0) is 36.8 Å². The predicted octanol–water partition coefficient (Wildman–Crippen LogP) is 2.84. The minimum atomic E-state index is -1.07. The number of ether oxygens (including phenoxy) is 2. The van der Waals surface area contributed by atoms with Gasteiger partial charge in [-0.3, -0.25) is 0 Å². The third-order valence-corrected chi connectivity index (χ3v) is 5.36. The molecule has 1 aliphatic heterocycles. The van der Waals surface area contributed by atoms with Gasteiger partial charge in [0.15, 0.2) is 34.9 Å². The van der Waals surface area contributed by atoms with Gasteiger partial charge in [-0.1, -0.05) is 0 Å². The van der Waals surface area contributed by atoms with Crippen LogP contribution in [0, 0.1) is 6.92 Å². The summed E-state index contributed by atoms with van der Waals surface area (Å²) in [5, 5.41) is 68.9. The predicted molar refractivity (Wildman–Crippen MR) is 112 cm³/mol. The number of esters is 1. The van der Waals surface area contributed by atoms with Gasteiger partial charge >= 0.3 is 5.97 Å². The van der Waals surface area contributed by atoms with Crippen LogP contribution in [0.1, 0.15) is 33.2 Å². The molecule has 0 amide bonds. The molecule has 1 unspecified atom stereocenters. The van der Waals surface area contributed by atoms with Crippen molar-refractivity contribution in [3.63, 3.8) is 0 Å². The topological polar surface area (TPSA) is 177 Å². The number of hydrogen-bond acceptors (Lipinski definition) is 10. The Morgan fingerprint density at radius 1 is 0.848 bits per heavy atom. The molecule has 10 nitrogen and oxygen atoms in total. The van der Waals surface area contributed by atoms with Gasteiger partial charge < -0.3 is 45.2 Å². The van der Waals surface area contributed by atoms with Crippen molar-refractivity contribution in [3.05, 3.63) is 58.7 Å². The summed E-state index contributed by atoms with van der Waals surface area (Å²) >= 11 is 0. The molecule has 33 heavy (non-hydrogen) atoms. The first-order valence-corrected chi connectivity index (χ1v) is 9.75. The highest BCUT2D eigenvalue weighted by molar-refractivity contribution is 5.91. The second-order valence-electron chi connectivity index (χ2n) is 7.70. The number of benzene rings is 3. The SMILES string of the molecule is Cc1cc([C@H]2Oc3cc(O)cc(O)c3CC2OC(=O)c2cc(O)c(O)c(O)c2)cc(O)c1O. The molecule has 3 aromatic carbocycles. The molecule has 0 aliphatic carbocycles. The van der Waals surface area contributed by atoms with Crippen LogP contribution in [-0.2, 0) is 11.2 Å². The zero-order chi connectivity index (χ0) is 24.0. The molecule has 172 valence electrons. The first-order chi connectivity index (χ1) is 15.5. The molecule has 1 aliphatic rings. The van der Waals surface area contributed by atoms with Gasteiger partial charge in [0.05, 0.1) is 5.56 Å². The highest BCUT2D eigenvalue weighted by Gasteiger charge is 2.37. The summed E-state index contributed by atoms with van der Waals surface area (Å²) in [5.74, 6) is -4.36. The zero-order valence-electron chi connectivity index (χ0n) is 17.2. The van der Waals surface area contributed by atoms with E-state index in [-0.39, 0.29) is 40.5 Å². The first kappa shape index (κ1) is 21.8. The highest BCUT2D eigenvalue weighted by Crippen LogP contribution is 2.45. The number of phenolic OH excluding ortho intramolecular Hbond substituents is 7. The van der Waals surface area contributed by atoms with Crippen molar-refractivity contribution in [1.82, 2.24) is 0 Å². The quantitative estimate of drug-likeness (QED) is 0.229. The van der Waals surface area contributed by atoms with E-state index in [0.717, 1.165) is 18.2 Å². The Balaban J connectivity index is 1.75. The van der Waals surface area contributed by atoms with Crippen LogP contribution in [0.25, 0.3) is 0 Å². The number of phenols is 7. The molecule has 0 bridgehead atoms. The fourth-order valence-electron chi connectivity index (χ4n) is 3.71. The van der Waals surface area contributed by atoms with Crippen LogP contribution in [0.4, 0.5) is 0 Å². The lowest BCUT2D eigenvalue weighted by atomic mass is 9.92. The van der Waals surface area contributed by atoms with Gasteiger partial charge in [-0.15, -0.1) is 0 Å². The molecule has 0 fully saturated rings. The molecule has 0 radical (unpaired) electrons. The molecule has 7 N–H and O–H groups in total. The van der Waals surface area contributed by atoms with Crippen LogP contribution < -0.4 is 4.74 Å². The maximum atomic E-state index is 12.8. The zero-order valence-corrected chi connectivity index (χ0v) is 17.2. The van der Waals surface area contributed by atoms with Gasteiger partial charge in [0.1, 0.15) is 23.4 Å². The molecule has 0 aromatic heterocycles. The molecule has 10 heteroatoms. The Hall–Kier alpha value is -4.47. The molecule has 0 saturated heterocycles. The summed E-state index contributed by atoms with van der Waals surface area (Å²) in [6.45, 7) is 1.55. The van der Waals surface area contributed by atoms with Crippen LogP contribution >= 0.6 is 0 Å². The van der Waals surface area contributed by atoms with Gasteiger partial charge in [0, 0.05) is 29.7 Å². The largest absolute Gasteiger partial charge is 0.508 e. The number of aromatic hydroxyl groups is 7. The van der Waals surface area contributed by atoms with Gasteiger partial charge in [0.25, 0.3) is 0 Å². The fourth-order valence-corrected chi connectivity index (χ4v) is 3.71. The van der Waals surface area contributed by atoms with Crippen LogP contribution in [-0.4, -0.2) is 47.8 Å². The minimum Gasteiger partial charge on any atom is -0.508 e. The maximum absolute atomic E-state index is 12.8. The van der Waals surface area contributed by atoms with E-state index in [1.807, 2.05) is 0 Å². The van der Waals surface area contributed by atoms with Gasteiger partial charge in [-0.25, -0.2) is 4.79 Å². The molecular formula is C23H20O10. The van der Waals surface area contributed by atoms with E-state index in [4.69, 9.17) is 9.47 Å². The second kappa shape index (κ2) is 7.90. The molecular weight excluding hydrogens is 436 g/mol. The number of carbonyl (C=O) groups excluding carboxylic acids is 1. The fraction of sp³-hybridized carbons (Fsp3) is 0.174. The second-order valence-corrected chi connectivity index (χ2v) is 7.70. The summed E-state index contributed by atoms with van der Waals surface area (Å²) in [5.41, 5.74) is 0.673. The monoisotopic (exact) mass is 456 g/mol. The highest BCUT2D eigenvalue weighted by atomic mass is 16.6. The summed E-state index contributed by atoms with van der Waals surface area (Å²) in [6, 6.07) is 6.97. The van der Waals surface area contributed by atoms with Gasteiger partial charge in [-0.2, -0.15) is 0 Å². The summed E-state index contributed by atoms with van der Waals surface area (Å²) in [6.07, 6.45) is -2.14. The van der Waals surface area contributed by atoms with Crippen LogP contribution in [0.2, 0.25) is 0 Å². The lowest BCUT2D eigenvalue weighted by Gasteiger charge is -2.34. The molecule has 4 rings (SSSR count). The summed E-state index contributed by atoms with van der Waals surface area (Å²) in [4.78, 5) is 12.8. The molecule has 1 heterocycles. The summed E-state index contributed by atoms with van der Waals surface area (Å²) < 4.78 is 11.5. The van der Waals surface area contributed by atoms with E-state index >= 15 is 0 Å². The normalized spacial score (nSPS) is 17.1. The molecule has 0 spiro atoms. The van der Waals surface area contributed by atoms with E-state index in [2.05, 4.69) is 0 Å². The first-order valence-electron chi connectivity index (χ1n) is 9.75. The number of hydrogen-bond donors (Lipinski definition) is 7. The standard InChI is InChI=1S/C23H20O10/c1-9-2-10(3-15(26)20(9)29)22-19(8-13-14(25)6-12(24)7-18(13)32-22)33-23(31)11-4-16(27)21(30)17(28)5-11/h2-7,19,22,24-30H,8H2,1H3/t19?,22-/m1/s1. The number of rotatable bonds is 3. The van der Waals surface area contributed by atoms with E-state index in [0.29, 0.717) is 11.1 Å². The van der Waals surface area contributed by atoms with Crippen molar-refractivity contribution in [2.24, 2.45) is 0 Å². The van der Waals surface area contributed by atoms with Gasteiger partial charge in [0.2, 0.25) is 0 Å². The number of carbonyl (C=O) groups is 1. The Morgan fingerprint density at radius 2 is 1.48 bits per heavy atom. The molecule has 3 aromatic rings. The summed E-state index contributed by atoms with van der Waals surface area (Å²) in [7, 11) is 0. The van der Waals surface area contributed by atoms with E-state index in [1.54, 1.807) is 6.92 Å². The maximum Gasteiger partial charge on any atom is 0.338 e. The average molecular weight is 456 g/mol.